The molecule has 0 spiro atoms. The second-order valence-corrected chi connectivity index (χ2v) is 4.63. The van der Waals surface area contributed by atoms with Crippen molar-refractivity contribution in [2.75, 3.05) is 26.3 Å². The van der Waals surface area contributed by atoms with Gasteiger partial charge in [-0.15, -0.1) is 0 Å². The summed E-state index contributed by atoms with van der Waals surface area (Å²) < 4.78 is 6.99. The van der Waals surface area contributed by atoms with Gasteiger partial charge in [-0.1, -0.05) is 11.6 Å². The molecule has 1 fully saturated rings. The van der Waals surface area contributed by atoms with Crippen molar-refractivity contribution in [1.82, 2.24) is 9.47 Å². The van der Waals surface area contributed by atoms with Gasteiger partial charge in [0.1, 0.15) is 0 Å². The number of aromatic nitrogens is 1. The molecule has 18 heavy (non-hydrogen) atoms. The zero-order chi connectivity index (χ0) is 12.5. The fourth-order valence-electron chi connectivity index (χ4n) is 2.34. The molecule has 0 unspecified atom stereocenters. The average molecular weight is 244 g/mol. The van der Waals surface area contributed by atoms with Crippen molar-refractivity contribution in [3.05, 3.63) is 36.0 Å². The van der Waals surface area contributed by atoms with E-state index in [0.717, 1.165) is 10.9 Å². The van der Waals surface area contributed by atoms with E-state index in [1.165, 1.54) is 5.56 Å². The van der Waals surface area contributed by atoms with Crippen LogP contribution in [0.2, 0.25) is 0 Å². The molecular formula is C14H16N2O2. The van der Waals surface area contributed by atoms with Crippen LogP contribution in [-0.2, 0) is 4.74 Å². The molecule has 1 amide bonds. The normalized spacial score (nSPS) is 16.2. The van der Waals surface area contributed by atoms with Crippen LogP contribution in [0.15, 0.2) is 30.5 Å². The number of rotatable bonds is 0. The van der Waals surface area contributed by atoms with Crippen LogP contribution in [0.25, 0.3) is 10.9 Å². The van der Waals surface area contributed by atoms with Gasteiger partial charge in [0.15, 0.2) is 0 Å². The Morgan fingerprint density at radius 3 is 2.78 bits per heavy atom. The largest absolute Gasteiger partial charge is 0.378 e. The Morgan fingerprint density at radius 1 is 1.22 bits per heavy atom. The van der Waals surface area contributed by atoms with Gasteiger partial charge in [-0.3, -0.25) is 4.57 Å². The maximum atomic E-state index is 12.4. The lowest BCUT2D eigenvalue weighted by atomic mass is 10.2. The first-order chi connectivity index (χ1) is 8.75. The maximum Gasteiger partial charge on any atom is 0.328 e. The van der Waals surface area contributed by atoms with Crippen LogP contribution >= 0.6 is 0 Å². The lowest BCUT2D eigenvalue weighted by Crippen LogP contribution is -2.42. The SMILES string of the molecule is Cc1ccc2c(ccn2C(=O)N2CCOCC2)c1. The summed E-state index contributed by atoms with van der Waals surface area (Å²) in [4.78, 5) is 14.2. The predicted molar refractivity (Wildman–Crippen MR) is 69.9 cm³/mol. The molecule has 1 aliphatic rings. The minimum atomic E-state index is 0.0390. The number of benzene rings is 1. The smallest absolute Gasteiger partial charge is 0.328 e. The van der Waals surface area contributed by atoms with Gasteiger partial charge in [0, 0.05) is 24.7 Å². The van der Waals surface area contributed by atoms with E-state index >= 15 is 0 Å². The number of hydrogen-bond acceptors (Lipinski definition) is 2. The van der Waals surface area contributed by atoms with E-state index in [1.807, 2.05) is 29.3 Å². The molecule has 1 aromatic heterocycles. The monoisotopic (exact) mass is 244 g/mol. The Balaban J connectivity index is 1.96. The number of amides is 1. The zero-order valence-electron chi connectivity index (χ0n) is 10.4. The lowest BCUT2D eigenvalue weighted by Gasteiger charge is -2.27. The molecule has 94 valence electrons. The van der Waals surface area contributed by atoms with Crippen LogP contribution in [-0.4, -0.2) is 41.8 Å². The van der Waals surface area contributed by atoms with Gasteiger partial charge in [-0.05, 0) is 25.1 Å². The summed E-state index contributed by atoms with van der Waals surface area (Å²) in [6, 6.07) is 8.16. The molecule has 4 nitrogen and oxygen atoms in total. The highest BCUT2D eigenvalue weighted by Crippen LogP contribution is 2.18. The minimum absolute atomic E-state index is 0.0390. The van der Waals surface area contributed by atoms with Crippen LogP contribution in [0.3, 0.4) is 0 Å². The van der Waals surface area contributed by atoms with Crippen molar-refractivity contribution in [3.8, 4) is 0 Å². The van der Waals surface area contributed by atoms with Gasteiger partial charge in [-0.25, -0.2) is 4.79 Å². The Morgan fingerprint density at radius 2 is 2.00 bits per heavy atom. The average Bonchev–Trinajstić information content (AvgIpc) is 2.81. The highest BCUT2D eigenvalue weighted by molar-refractivity contribution is 5.91. The number of morpholine rings is 1. The number of hydrogen-bond donors (Lipinski definition) is 0. The molecule has 2 aromatic rings. The fraction of sp³-hybridized carbons (Fsp3) is 0.357. The quantitative estimate of drug-likeness (QED) is 0.712. The maximum absolute atomic E-state index is 12.4. The number of nitrogens with zero attached hydrogens (tertiary/aromatic N) is 2. The third-order valence-electron chi connectivity index (χ3n) is 3.33. The lowest BCUT2D eigenvalue weighted by molar-refractivity contribution is 0.0538. The molecule has 0 aliphatic carbocycles. The topological polar surface area (TPSA) is 34.5 Å². The zero-order valence-corrected chi connectivity index (χ0v) is 10.4. The van der Waals surface area contributed by atoms with E-state index in [-0.39, 0.29) is 6.03 Å². The second kappa shape index (κ2) is 4.46. The van der Waals surface area contributed by atoms with E-state index in [9.17, 15) is 4.79 Å². The van der Waals surface area contributed by atoms with Crippen molar-refractivity contribution in [2.45, 2.75) is 6.92 Å². The summed E-state index contributed by atoms with van der Waals surface area (Å²) in [6.45, 7) is 4.66. The third kappa shape index (κ3) is 1.88. The third-order valence-corrected chi connectivity index (χ3v) is 3.33. The van der Waals surface area contributed by atoms with Crippen LogP contribution < -0.4 is 0 Å². The van der Waals surface area contributed by atoms with Crippen molar-refractivity contribution < 1.29 is 9.53 Å². The molecular weight excluding hydrogens is 228 g/mol. The fourth-order valence-corrected chi connectivity index (χ4v) is 2.34. The highest BCUT2D eigenvalue weighted by atomic mass is 16.5. The molecule has 1 aliphatic heterocycles. The van der Waals surface area contributed by atoms with E-state index in [1.54, 1.807) is 4.57 Å². The molecule has 0 bridgehead atoms. The number of fused-ring (bicyclic) bond motifs is 1. The van der Waals surface area contributed by atoms with E-state index in [2.05, 4.69) is 13.0 Å². The molecule has 2 heterocycles. The number of carbonyl (C=O) groups excluding carboxylic acids is 1. The van der Waals surface area contributed by atoms with Crippen LogP contribution in [0, 0.1) is 6.92 Å². The first-order valence-corrected chi connectivity index (χ1v) is 6.20. The van der Waals surface area contributed by atoms with Crippen molar-refractivity contribution in [3.63, 3.8) is 0 Å². The molecule has 0 N–H and O–H groups in total. The van der Waals surface area contributed by atoms with Crippen molar-refractivity contribution >= 4 is 16.9 Å². The Bertz CT molecular complexity index is 582. The second-order valence-electron chi connectivity index (χ2n) is 4.63. The van der Waals surface area contributed by atoms with E-state index in [4.69, 9.17) is 4.74 Å². The van der Waals surface area contributed by atoms with Gasteiger partial charge < -0.3 is 9.64 Å². The standard InChI is InChI=1S/C14H16N2O2/c1-11-2-3-13-12(10-11)4-5-16(13)14(17)15-6-8-18-9-7-15/h2-5,10H,6-9H2,1H3. The summed E-state index contributed by atoms with van der Waals surface area (Å²) in [6.07, 6.45) is 1.85. The number of aryl methyl sites for hydroxylation is 1. The first kappa shape index (κ1) is 11.3. The summed E-state index contributed by atoms with van der Waals surface area (Å²) in [5, 5.41) is 1.11. The first-order valence-electron chi connectivity index (χ1n) is 6.20. The van der Waals surface area contributed by atoms with Crippen LogP contribution in [0.1, 0.15) is 5.56 Å². The van der Waals surface area contributed by atoms with E-state index in [0.29, 0.717) is 26.3 Å². The Labute approximate surface area is 106 Å². The van der Waals surface area contributed by atoms with Gasteiger partial charge in [0.2, 0.25) is 0 Å². The Kier molecular flexibility index (Phi) is 2.80. The molecule has 1 aromatic carbocycles. The predicted octanol–water partition coefficient (Wildman–Crippen LogP) is 2.25. The molecule has 4 heteroatoms. The Hall–Kier alpha value is -1.81. The van der Waals surface area contributed by atoms with Gasteiger partial charge in [0.05, 0.1) is 18.7 Å². The van der Waals surface area contributed by atoms with Gasteiger partial charge in [0.25, 0.3) is 0 Å². The summed E-state index contributed by atoms with van der Waals surface area (Å²) in [5.41, 5.74) is 2.18. The van der Waals surface area contributed by atoms with Crippen LogP contribution in [0.5, 0.6) is 0 Å². The number of ether oxygens (including phenoxy) is 1. The van der Waals surface area contributed by atoms with Crippen molar-refractivity contribution in [2.24, 2.45) is 0 Å². The van der Waals surface area contributed by atoms with Gasteiger partial charge >= 0.3 is 6.03 Å². The van der Waals surface area contributed by atoms with E-state index < -0.39 is 0 Å². The molecule has 0 saturated carbocycles. The van der Waals surface area contributed by atoms with Gasteiger partial charge in [-0.2, -0.15) is 0 Å². The van der Waals surface area contributed by atoms with Crippen LogP contribution in [0.4, 0.5) is 4.79 Å². The summed E-state index contributed by atoms with van der Waals surface area (Å²) >= 11 is 0. The van der Waals surface area contributed by atoms with Crippen molar-refractivity contribution in [1.29, 1.82) is 0 Å². The molecule has 0 radical (unpaired) electrons. The summed E-state index contributed by atoms with van der Waals surface area (Å²) in [7, 11) is 0. The number of carbonyl (C=O) groups is 1. The molecule has 0 atom stereocenters. The summed E-state index contributed by atoms with van der Waals surface area (Å²) in [5.74, 6) is 0. The minimum Gasteiger partial charge on any atom is -0.378 e. The highest BCUT2D eigenvalue weighted by Gasteiger charge is 2.19. The molecule has 1 saturated heterocycles. The molecule has 3 rings (SSSR count).